The van der Waals surface area contributed by atoms with Gasteiger partial charge in [-0.2, -0.15) is 0 Å². The van der Waals surface area contributed by atoms with E-state index in [1.807, 2.05) is 45.0 Å². The number of hydrogen-bond donors (Lipinski definition) is 3. The number of thiazole rings is 1. The topological polar surface area (TPSA) is 138 Å². The van der Waals surface area contributed by atoms with Crippen molar-refractivity contribution in [2.45, 2.75) is 79.4 Å². The number of ketones is 1. The molecule has 0 radical (unpaired) electrons. The first-order valence-corrected chi connectivity index (χ1v) is 16.0. The van der Waals surface area contributed by atoms with Gasteiger partial charge in [0.25, 0.3) is 0 Å². The molecule has 11 heteroatoms. The lowest BCUT2D eigenvalue weighted by molar-refractivity contribution is -0.146. The number of nitrogens with one attached hydrogen (secondary N) is 3. The van der Waals surface area contributed by atoms with Crippen molar-refractivity contribution in [3.05, 3.63) is 29.3 Å². The molecule has 2 saturated heterocycles. The van der Waals surface area contributed by atoms with Crippen LogP contribution in [0, 0.1) is 34.5 Å². The molecule has 3 N–H and O–H groups in total. The molecule has 43 heavy (non-hydrogen) atoms. The number of hydrogen-bond acceptors (Lipinski definition) is 7. The second kappa shape index (κ2) is 11.3. The number of carbonyl (C=O) groups excluding carboxylic acids is 5. The predicted octanol–water partition coefficient (Wildman–Crippen LogP) is 3.16. The van der Waals surface area contributed by atoms with Crippen molar-refractivity contribution in [2.24, 2.45) is 34.5 Å². The van der Waals surface area contributed by atoms with Crippen LogP contribution in [0.25, 0.3) is 10.2 Å². The molecule has 232 valence electrons. The maximum absolute atomic E-state index is 14.2. The van der Waals surface area contributed by atoms with Crippen molar-refractivity contribution in [1.29, 1.82) is 0 Å². The van der Waals surface area contributed by atoms with Crippen LogP contribution in [-0.2, 0) is 19.2 Å². The molecular weight excluding hydrogens is 566 g/mol. The molecule has 0 spiro atoms. The molecule has 1 aromatic carbocycles. The number of aromatic nitrogens is 1. The minimum atomic E-state index is -0.973. The minimum Gasteiger partial charge on any atom is -0.356 e. The molecule has 6 atom stereocenters. The highest BCUT2D eigenvalue weighted by molar-refractivity contribution is 7.20. The molecule has 3 fully saturated rings. The fourth-order valence-electron chi connectivity index (χ4n) is 6.71. The normalized spacial score (nSPS) is 25.7. The fraction of sp³-hybridized carbons (Fsp3) is 0.625. The first kappa shape index (κ1) is 31.1. The summed E-state index contributed by atoms with van der Waals surface area (Å²) in [5, 5.41) is 9.00. The van der Waals surface area contributed by atoms with Crippen LogP contribution in [0.2, 0.25) is 0 Å². The average molecular weight is 610 g/mol. The molecular formula is C32H43N5O5S. The summed E-state index contributed by atoms with van der Waals surface area (Å²) in [6.07, 6.45) is 0.729. The molecule has 1 saturated carbocycles. The third-order valence-corrected chi connectivity index (χ3v) is 10.6. The summed E-state index contributed by atoms with van der Waals surface area (Å²) in [6.45, 7) is 14.4. The number of piperidine rings is 1. The van der Waals surface area contributed by atoms with Crippen molar-refractivity contribution in [3.8, 4) is 0 Å². The van der Waals surface area contributed by atoms with Gasteiger partial charge in [-0.25, -0.2) is 4.98 Å². The van der Waals surface area contributed by atoms with E-state index >= 15 is 0 Å². The van der Waals surface area contributed by atoms with Gasteiger partial charge in [-0.1, -0.05) is 60.6 Å². The zero-order valence-corrected chi connectivity index (χ0v) is 26.8. The highest BCUT2D eigenvalue weighted by Crippen LogP contribution is 2.65. The van der Waals surface area contributed by atoms with Crippen LogP contribution in [-0.4, -0.2) is 70.5 Å². The SMILES string of the molecule is CC(C)C(=O)N[C@H](C(=O)N1CC2C(C1C(=O)N[C@@H](C[C@@H]1CCNC1=O)C(=O)c1nc3ccccc3s1)C2(C)C)C(C)(C)C. The van der Waals surface area contributed by atoms with Crippen molar-refractivity contribution in [3.63, 3.8) is 0 Å². The molecule has 4 amide bonds. The van der Waals surface area contributed by atoms with E-state index in [9.17, 15) is 24.0 Å². The summed E-state index contributed by atoms with van der Waals surface area (Å²) in [4.78, 5) is 73.5. The summed E-state index contributed by atoms with van der Waals surface area (Å²) in [7, 11) is 0. The quantitative estimate of drug-likeness (QED) is 0.374. The number of benzene rings is 1. The lowest BCUT2D eigenvalue weighted by Crippen LogP contribution is -2.60. The van der Waals surface area contributed by atoms with Crippen molar-refractivity contribution in [1.82, 2.24) is 25.8 Å². The van der Waals surface area contributed by atoms with Crippen molar-refractivity contribution in [2.75, 3.05) is 13.1 Å². The average Bonchev–Trinajstić information content (AvgIpc) is 3.45. The van der Waals surface area contributed by atoms with E-state index in [2.05, 4.69) is 34.8 Å². The van der Waals surface area contributed by atoms with Crippen LogP contribution >= 0.6 is 11.3 Å². The molecule has 3 heterocycles. The number of nitrogens with zero attached hydrogens (tertiary/aromatic N) is 2. The summed E-state index contributed by atoms with van der Waals surface area (Å²) >= 11 is 1.26. The number of likely N-dealkylation sites (tertiary alicyclic amines) is 1. The lowest BCUT2D eigenvalue weighted by atomic mass is 9.84. The monoisotopic (exact) mass is 609 g/mol. The smallest absolute Gasteiger partial charge is 0.246 e. The number of amides is 4. The minimum absolute atomic E-state index is 0.0779. The van der Waals surface area contributed by atoms with Crippen LogP contribution < -0.4 is 16.0 Å². The highest BCUT2D eigenvalue weighted by atomic mass is 32.1. The summed E-state index contributed by atoms with van der Waals surface area (Å²) in [5.41, 5.74) is -0.0346. The van der Waals surface area contributed by atoms with Gasteiger partial charge in [0.2, 0.25) is 29.4 Å². The van der Waals surface area contributed by atoms with E-state index in [1.54, 1.807) is 18.7 Å². The molecule has 2 aromatic rings. The third kappa shape index (κ3) is 5.92. The van der Waals surface area contributed by atoms with Gasteiger partial charge in [0.15, 0.2) is 5.01 Å². The Bertz CT molecular complexity index is 1430. The van der Waals surface area contributed by atoms with Gasteiger partial charge in [-0.05, 0) is 47.6 Å². The van der Waals surface area contributed by atoms with Gasteiger partial charge < -0.3 is 20.9 Å². The van der Waals surface area contributed by atoms with E-state index in [0.29, 0.717) is 25.0 Å². The van der Waals surface area contributed by atoms with Crippen LogP contribution in [0.15, 0.2) is 24.3 Å². The van der Waals surface area contributed by atoms with Gasteiger partial charge in [0, 0.05) is 24.9 Å². The molecule has 10 nitrogen and oxygen atoms in total. The first-order chi connectivity index (χ1) is 20.1. The second-order valence-corrected chi connectivity index (χ2v) is 15.3. The van der Waals surface area contributed by atoms with Gasteiger partial charge in [0.05, 0.1) is 16.3 Å². The number of rotatable bonds is 9. The maximum atomic E-state index is 14.2. The third-order valence-electron chi connectivity index (χ3n) is 9.50. The van der Waals surface area contributed by atoms with E-state index in [4.69, 9.17) is 0 Å². The van der Waals surface area contributed by atoms with Gasteiger partial charge >= 0.3 is 0 Å². The number of Topliss-reactive ketones (excluding diaryl/α,β-unsaturated/α-hetero) is 1. The largest absolute Gasteiger partial charge is 0.356 e. The fourth-order valence-corrected chi connectivity index (χ4v) is 7.67. The van der Waals surface area contributed by atoms with Gasteiger partial charge in [-0.3, -0.25) is 24.0 Å². The Balaban J connectivity index is 1.43. The summed E-state index contributed by atoms with van der Waals surface area (Å²) in [5.74, 6) is -2.06. The Hall–Kier alpha value is -3.34. The first-order valence-electron chi connectivity index (χ1n) is 15.2. The molecule has 2 aliphatic heterocycles. The zero-order chi connectivity index (χ0) is 31.4. The number of carbonyl (C=O) groups is 5. The van der Waals surface area contributed by atoms with Crippen molar-refractivity contribution >= 4 is 51.0 Å². The Morgan fingerprint density at radius 3 is 2.44 bits per heavy atom. The van der Waals surface area contributed by atoms with Crippen LogP contribution in [0.5, 0.6) is 0 Å². The van der Waals surface area contributed by atoms with Gasteiger partial charge in [-0.15, -0.1) is 11.3 Å². The van der Waals surface area contributed by atoms with E-state index in [1.165, 1.54) is 11.3 Å². The Kier molecular flexibility index (Phi) is 8.17. The van der Waals surface area contributed by atoms with E-state index in [0.717, 1.165) is 4.70 Å². The molecule has 1 aliphatic carbocycles. The Morgan fingerprint density at radius 1 is 1.14 bits per heavy atom. The Morgan fingerprint density at radius 2 is 1.84 bits per heavy atom. The van der Waals surface area contributed by atoms with Crippen LogP contribution in [0.4, 0.5) is 0 Å². The molecule has 5 rings (SSSR count). The zero-order valence-electron chi connectivity index (χ0n) is 26.0. The molecule has 3 aliphatic rings. The summed E-state index contributed by atoms with van der Waals surface area (Å²) in [6, 6.07) is 4.87. The number of fused-ring (bicyclic) bond motifs is 2. The maximum Gasteiger partial charge on any atom is 0.246 e. The second-order valence-electron chi connectivity index (χ2n) is 14.3. The molecule has 1 aromatic heterocycles. The standard InChI is InChI=1S/C32H43N5O5S/c1-16(2)26(39)36-25(31(3,4)5)30(42)37-15-18-22(32(18,6)7)23(37)28(41)34-20(14-17-12-13-33-27(17)40)24(38)29-35-19-10-8-9-11-21(19)43-29/h8-11,16-18,20,22-23,25H,12-15H2,1-7H3,(H,33,40)(H,34,41)(H,36,39)/t17-,18?,20-,22?,23?,25+/m0/s1. The van der Waals surface area contributed by atoms with E-state index < -0.39 is 35.4 Å². The van der Waals surface area contributed by atoms with E-state index in [-0.39, 0.29) is 58.1 Å². The predicted molar refractivity (Wildman–Crippen MR) is 164 cm³/mol. The van der Waals surface area contributed by atoms with Crippen LogP contribution in [0.1, 0.15) is 71.1 Å². The highest BCUT2D eigenvalue weighted by Gasteiger charge is 2.70. The Labute approximate surface area is 256 Å². The lowest BCUT2D eigenvalue weighted by Gasteiger charge is -2.38. The number of para-hydroxylation sites is 1. The van der Waals surface area contributed by atoms with Gasteiger partial charge in [0.1, 0.15) is 12.1 Å². The molecule has 3 unspecified atom stereocenters. The van der Waals surface area contributed by atoms with Crippen molar-refractivity contribution < 1.29 is 24.0 Å². The summed E-state index contributed by atoms with van der Waals surface area (Å²) < 4.78 is 0.862. The van der Waals surface area contributed by atoms with Crippen LogP contribution in [0.3, 0.4) is 0 Å². The molecule has 0 bridgehead atoms.